The van der Waals surface area contributed by atoms with Crippen LogP contribution >= 0.6 is 0 Å². The molecule has 0 aromatic heterocycles. The molecule has 2 saturated heterocycles. The van der Waals surface area contributed by atoms with Crippen molar-refractivity contribution in [1.82, 2.24) is 15.1 Å². The molecule has 2 heterocycles. The highest BCUT2D eigenvalue weighted by atomic mass is 16.2. The van der Waals surface area contributed by atoms with Gasteiger partial charge in [0, 0.05) is 57.1 Å². The second kappa shape index (κ2) is 8.33. The molecular formula is C23H30N4O. The number of carbonyl (C=O) groups is 1. The van der Waals surface area contributed by atoms with Crippen molar-refractivity contribution in [2.45, 2.75) is 12.5 Å². The number of carbonyl (C=O) groups excluding carboxylic acids is 1. The largest absolute Gasteiger partial charge is 0.369 e. The van der Waals surface area contributed by atoms with Crippen LogP contribution in [0.25, 0.3) is 11.1 Å². The Bertz CT molecular complexity index is 831. The monoisotopic (exact) mass is 378 g/mol. The molecule has 148 valence electrons. The third-order valence-corrected chi connectivity index (χ3v) is 6.01. The SMILES string of the molecule is CN1CC[C@H](N(C)C(=O)c2cccc(-c3cccc(N4CCNCC4)c3)c2)C1. The molecule has 4 rings (SSSR count). The van der Waals surface area contributed by atoms with E-state index >= 15 is 0 Å². The highest BCUT2D eigenvalue weighted by molar-refractivity contribution is 5.95. The predicted octanol–water partition coefficient (Wildman–Crippen LogP) is 2.54. The Morgan fingerprint density at radius 3 is 2.46 bits per heavy atom. The van der Waals surface area contributed by atoms with Crippen molar-refractivity contribution in [3.63, 3.8) is 0 Å². The van der Waals surface area contributed by atoms with Crippen LogP contribution in [0.4, 0.5) is 5.69 Å². The standard InChI is InChI=1S/C23H30N4O/c1-25-12-9-22(17-25)26(2)23(28)20-7-3-5-18(15-20)19-6-4-8-21(16-19)27-13-10-24-11-14-27/h3-8,15-16,22,24H,9-14,17H2,1-2H3/t22-/m0/s1. The average molecular weight is 379 g/mol. The van der Waals surface area contributed by atoms with Crippen molar-refractivity contribution in [1.29, 1.82) is 0 Å². The molecule has 28 heavy (non-hydrogen) atoms. The van der Waals surface area contributed by atoms with Gasteiger partial charge in [0.2, 0.25) is 0 Å². The second-order valence-corrected chi connectivity index (χ2v) is 7.99. The van der Waals surface area contributed by atoms with E-state index in [0.717, 1.165) is 62.4 Å². The van der Waals surface area contributed by atoms with Gasteiger partial charge in [-0.1, -0.05) is 24.3 Å². The fraction of sp³-hybridized carbons (Fsp3) is 0.435. The minimum Gasteiger partial charge on any atom is -0.369 e. The van der Waals surface area contributed by atoms with E-state index in [1.807, 2.05) is 30.1 Å². The van der Waals surface area contributed by atoms with E-state index in [-0.39, 0.29) is 5.91 Å². The van der Waals surface area contributed by atoms with Gasteiger partial charge in [0.1, 0.15) is 0 Å². The number of likely N-dealkylation sites (tertiary alicyclic amines) is 1. The van der Waals surface area contributed by atoms with Crippen molar-refractivity contribution in [3.8, 4) is 11.1 Å². The van der Waals surface area contributed by atoms with Gasteiger partial charge in [-0.15, -0.1) is 0 Å². The molecule has 0 radical (unpaired) electrons. The second-order valence-electron chi connectivity index (χ2n) is 7.99. The summed E-state index contributed by atoms with van der Waals surface area (Å²) < 4.78 is 0. The third kappa shape index (κ3) is 4.05. The van der Waals surface area contributed by atoms with E-state index in [1.54, 1.807) is 0 Å². The van der Waals surface area contributed by atoms with Gasteiger partial charge in [-0.05, 0) is 55.4 Å². The smallest absolute Gasteiger partial charge is 0.253 e. The van der Waals surface area contributed by atoms with Crippen LogP contribution in [0.3, 0.4) is 0 Å². The lowest BCUT2D eigenvalue weighted by atomic mass is 10.0. The van der Waals surface area contributed by atoms with E-state index in [2.05, 4.69) is 52.5 Å². The zero-order chi connectivity index (χ0) is 19.5. The molecule has 0 bridgehead atoms. The van der Waals surface area contributed by atoms with Gasteiger partial charge in [-0.2, -0.15) is 0 Å². The Morgan fingerprint density at radius 2 is 1.75 bits per heavy atom. The van der Waals surface area contributed by atoms with Gasteiger partial charge >= 0.3 is 0 Å². The number of hydrogen-bond acceptors (Lipinski definition) is 4. The van der Waals surface area contributed by atoms with E-state index in [9.17, 15) is 4.79 Å². The first-order valence-corrected chi connectivity index (χ1v) is 10.2. The summed E-state index contributed by atoms with van der Waals surface area (Å²) in [5.41, 5.74) is 4.28. The van der Waals surface area contributed by atoms with Crippen molar-refractivity contribution < 1.29 is 4.79 Å². The molecule has 1 N–H and O–H groups in total. The molecule has 2 fully saturated rings. The van der Waals surface area contributed by atoms with Crippen molar-refractivity contribution in [3.05, 3.63) is 54.1 Å². The van der Waals surface area contributed by atoms with E-state index in [1.165, 1.54) is 5.69 Å². The van der Waals surface area contributed by atoms with Crippen LogP contribution < -0.4 is 10.2 Å². The van der Waals surface area contributed by atoms with Crippen LogP contribution in [-0.2, 0) is 0 Å². The zero-order valence-corrected chi connectivity index (χ0v) is 16.9. The van der Waals surface area contributed by atoms with E-state index in [0.29, 0.717) is 6.04 Å². The molecule has 0 unspecified atom stereocenters. The molecule has 0 aliphatic carbocycles. The molecule has 2 aliphatic rings. The van der Waals surface area contributed by atoms with Gasteiger partial charge in [0.25, 0.3) is 5.91 Å². The normalized spacial score (nSPS) is 20.4. The van der Waals surface area contributed by atoms with Crippen molar-refractivity contribution in [2.24, 2.45) is 0 Å². The molecule has 0 spiro atoms. The Labute approximate surface area is 167 Å². The summed E-state index contributed by atoms with van der Waals surface area (Å²) in [6, 6.07) is 17.0. The zero-order valence-electron chi connectivity index (χ0n) is 16.9. The third-order valence-electron chi connectivity index (χ3n) is 6.01. The molecule has 1 amide bonds. The van der Waals surface area contributed by atoms with Crippen LogP contribution in [0, 0.1) is 0 Å². The van der Waals surface area contributed by atoms with E-state index < -0.39 is 0 Å². The van der Waals surface area contributed by atoms with Crippen LogP contribution in [-0.4, -0.2) is 75.1 Å². The minimum absolute atomic E-state index is 0.111. The lowest BCUT2D eigenvalue weighted by Gasteiger charge is -2.29. The number of amides is 1. The molecule has 5 nitrogen and oxygen atoms in total. The fourth-order valence-corrected chi connectivity index (χ4v) is 4.23. The molecular weight excluding hydrogens is 348 g/mol. The van der Waals surface area contributed by atoms with Gasteiger partial charge in [-0.25, -0.2) is 0 Å². The number of hydrogen-bond donors (Lipinski definition) is 1. The number of anilines is 1. The van der Waals surface area contributed by atoms with Gasteiger partial charge in [0.05, 0.1) is 0 Å². The summed E-state index contributed by atoms with van der Waals surface area (Å²) >= 11 is 0. The van der Waals surface area contributed by atoms with Crippen LogP contribution in [0.2, 0.25) is 0 Å². The summed E-state index contributed by atoms with van der Waals surface area (Å²) in [6.45, 7) is 6.12. The van der Waals surface area contributed by atoms with Gasteiger partial charge < -0.3 is 20.0 Å². The highest BCUT2D eigenvalue weighted by Crippen LogP contribution is 2.26. The van der Waals surface area contributed by atoms with Crippen LogP contribution in [0.5, 0.6) is 0 Å². The maximum atomic E-state index is 13.0. The molecule has 2 aromatic rings. The predicted molar refractivity (Wildman–Crippen MR) is 115 cm³/mol. The molecule has 2 aliphatic heterocycles. The first-order chi connectivity index (χ1) is 13.6. The first kappa shape index (κ1) is 19.0. The summed E-state index contributed by atoms with van der Waals surface area (Å²) in [6.07, 6.45) is 1.05. The number of piperazine rings is 1. The lowest BCUT2D eigenvalue weighted by Crippen LogP contribution is -2.43. The van der Waals surface area contributed by atoms with E-state index in [4.69, 9.17) is 0 Å². The number of nitrogens with one attached hydrogen (secondary N) is 1. The number of benzene rings is 2. The van der Waals surface area contributed by atoms with Crippen molar-refractivity contribution in [2.75, 3.05) is 58.3 Å². The first-order valence-electron chi connectivity index (χ1n) is 10.2. The Hall–Kier alpha value is -2.37. The average Bonchev–Trinajstić information content (AvgIpc) is 3.20. The Morgan fingerprint density at radius 1 is 1.04 bits per heavy atom. The Kier molecular flexibility index (Phi) is 5.64. The molecule has 5 heteroatoms. The quantitative estimate of drug-likeness (QED) is 0.888. The summed E-state index contributed by atoms with van der Waals surface area (Å²) in [7, 11) is 4.05. The highest BCUT2D eigenvalue weighted by Gasteiger charge is 2.27. The number of nitrogens with zero attached hydrogens (tertiary/aromatic N) is 3. The maximum Gasteiger partial charge on any atom is 0.253 e. The summed E-state index contributed by atoms with van der Waals surface area (Å²) in [4.78, 5) is 19.6. The minimum atomic E-state index is 0.111. The van der Waals surface area contributed by atoms with Crippen LogP contribution in [0.15, 0.2) is 48.5 Å². The molecule has 0 saturated carbocycles. The topological polar surface area (TPSA) is 38.8 Å². The van der Waals surface area contributed by atoms with Crippen molar-refractivity contribution >= 4 is 11.6 Å². The van der Waals surface area contributed by atoms with Gasteiger partial charge in [-0.3, -0.25) is 4.79 Å². The number of rotatable bonds is 4. The molecule has 2 aromatic carbocycles. The summed E-state index contributed by atoms with van der Waals surface area (Å²) in [5.74, 6) is 0.111. The lowest BCUT2D eigenvalue weighted by molar-refractivity contribution is 0.0737. The number of likely N-dealkylation sites (N-methyl/N-ethyl adjacent to an activating group) is 2. The van der Waals surface area contributed by atoms with Crippen LogP contribution in [0.1, 0.15) is 16.8 Å². The summed E-state index contributed by atoms with van der Waals surface area (Å²) in [5, 5.41) is 3.40. The Balaban J connectivity index is 1.54. The fourth-order valence-electron chi connectivity index (χ4n) is 4.23. The van der Waals surface area contributed by atoms with Gasteiger partial charge in [0.15, 0.2) is 0 Å². The molecule has 1 atom stereocenters. The maximum absolute atomic E-state index is 13.0.